The third-order valence-electron chi connectivity index (χ3n) is 2.54. The van der Waals surface area contributed by atoms with Crippen LogP contribution in [-0.4, -0.2) is 42.0 Å². The molecule has 0 radical (unpaired) electrons. The number of amides is 1. The van der Waals surface area contributed by atoms with E-state index in [2.05, 4.69) is 19.2 Å². The van der Waals surface area contributed by atoms with E-state index in [0.29, 0.717) is 23.9 Å². The number of likely N-dealkylation sites (N-methyl/N-ethyl adjacent to an activating group) is 1. The van der Waals surface area contributed by atoms with E-state index < -0.39 is 0 Å². The fraction of sp³-hybridized carbons (Fsp3) is 0.818. The summed E-state index contributed by atoms with van der Waals surface area (Å²) in [5, 5.41) is 2.95. The zero-order valence-electron chi connectivity index (χ0n) is 10.6. The van der Waals surface area contributed by atoms with Gasteiger partial charge in [0.2, 0.25) is 5.91 Å². The Bertz CT molecular complexity index is 243. The predicted octanol–water partition coefficient (Wildman–Crippen LogP) is 0.755. The number of thiocarbonyl (C=S) groups is 1. The highest BCUT2D eigenvalue weighted by Gasteiger charge is 2.12. The van der Waals surface area contributed by atoms with E-state index in [1.807, 2.05) is 18.9 Å². The van der Waals surface area contributed by atoms with E-state index in [1.54, 1.807) is 0 Å². The third-order valence-corrected chi connectivity index (χ3v) is 2.75. The summed E-state index contributed by atoms with van der Waals surface area (Å²) < 4.78 is 0. The first-order valence-electron chi connectivity index (χ1n) is 5.59. The monoisotopic (exact) mass is 245 g/mol. The van der Waals surface area contributed by atoms with Crippen molar-refractivity contribution in [1.29, 1.82) is 0 Å². The van der Waals surface area contributed by atoms with E-state index in [9.17, 15) is 4.79 Å². The number of hydrogen-bond acceptors (Lipinski definition) is 3. The Hall–Kier alpha value is -0.680. The predicted molar refractivity (Wildman–Crippen MR) is 71.3 cm³/mol. The molecule has 0 aliphatic rings. The normalized spacial score (nSPS) is 12.9. The maximum atomic E-state index is 11.6. The third kappa shape index (κ3) is 7.59. The quantitative estimate of drug-likeness (QED) is 0.650. The van der Waals surface area contributed by atoms with Gasteiger partial charge in [0, 0.05) is 19.0 Å². The lowest BCUT2D eigenvalue weighted by molar-refractivity contribution is -0.122. The minimum atomic E-state index is 0.0478. The SMILES string of the molecule is CC(C)C(C)NC(=O)CN(C)CCC(N)=S. The second-order valence-electron chi connectivity index (χ2n) is 4.55. The Morgan fingerprint density at radius 2 is 2.00 bits per heavy atom. The second-order valence-corrected chi connectivity index (χ2v) is 5.08. The van der Waals surface area contributed by atoms with Gasteiger partial charge in [0.05, 0.1) is 11.5 Å². The lowest BCUT2D eigenvalue weighted by Gasteiger charge is -2.20. The minimum absolute atomic E-state index is 0.0478. The molecule has 5 heteroatoms. The van der Waals surface area contributed by atoms with Crippen LogP contribution in [0, 0.1) is 5.92 Å². The smallest absolute Gasteiger partial charge is 0.234 e. The van der Waals surface area contributed by atoms with Crippen LogP contribution in [0.1, 0.15) is 27.2 Å². The van der Waals surface area contributed by atoms with Gasteiger partial charge in [-0.1, -0.05) is 26.1 Å². The van der Waals surface area contributed by atoms with Crippen molar-refractivity contribution >= 4 is 23.1 Å². The van der Waals surface area contributed by atoms with Crippen LogP contribution in [-0.2, 0) is 4.79 Å². The van der Waals surface area contributed by atoms with Gasteiger partial charge in [-0.3, -0.25) is 9.69 Å². The molecular formula is C11H23N3OS. The molecule has 0 aliphatic carbocycles. The molecule has 1 atom stereocenters. The second kappa shape index (κ2) is 7.57. The van der Waals surface area contributed by atoms with E-state index in [0.717, 1.165) is 6.54 Å². The topological polar surface area (TPSA) is 58.4 Å². The van der Waals surface area contributed by atoms with Gasteiger partial charge in [0.1, 0.15) is 0 Å². The number of carbonyl (C=O) groups excluding carboxylic acids is 1. The van der Waals surface area contributed by atoms with Crippen molar-refractivity contribution in [3.63, 3.8) is 0 Å². The van der Waals surface area contributed by atoms with Gasteiger partial charge in [0.15, 0.2) is 0 Å². The summed E-state index contributed by atoms with van der Waals surface area (Å²) in [5.41, 5.74) is 5.40. The molecule has 0 aromatic carbocycles. The van der Waals surface area contributed by atoms with Crippen molar-refractivity contribution in [3.8, 4) is 0 Å². The number of nitrogens with one attached hydrogen (secondary N) is 1. The number of nitrogens with zero attached hydrogens (tertiary/aromatic N) is 1. The van der Waals surface area contributed by atoms with Gasteiger partial charge < -0.3 is 11.1 Å². The largest absolute Gasteiger partial charge is 0.393 e. The van der Waals surface area contributed by atoms with Crippen LogP contribution < -0.4 is 11.1 Å². The molecule has 0 saturated heterocycles. The summed E-state index contributed by atoms with van der Waals surface area (Å²) in [6.45, 7) is 7.29. The molecule has 0 aliphatic heterocycles. The van der Waals surface area contributed by atoms with Crippen molar-refractivity contribution in [3.05, 3.63) is 0 Å². The van der Waals surface area contributed by atoms with Crippen molar-refractivity contribution < 1.29 is 4.79 Å². The zero-order chi connectivity index (χ0) is 12.7. The molecule has 0 bridgehead atoms. The first-order chi connectivity index (χ1) is 7.32. The van der Waals surface area contributed by atoms with Crippen LogP contribution in [0.4, 0.5) is 0 Å². The number of rotatable bonds is 7. The van der Waals surface area contributed by atoms with E-state index in [-0.39, 0.29) is 11.9 Å². The van der Waals surface area contributed by atoms with Crippen molar-refractivity contribution in [1.82, 2.24) is 10.2 Å². The lowest BCUT2D eigenvalue weighted by Crippen LogP contribution is -2.42. The van der Waals surface area contributed by atoms with Crippen LogP contribution >= 0.6 is 12.2 Å². The highest BCUT2D eigenvalue weighted by molar-refractivity contribution is 7.80. The van der Waals surface area contributed by atoms with Gasteiger partial charge in [-0.15, -0.1) is 0 Å². The summed E-state index contributed by atoms with van der Waals surface area (Å²) in [6.07, 6.45) is 0.652. The molecule has 0 aromatic heterocycles. The summed E-state index contributed by atoms with van der Waals surface area (Å²) in [5.74, 6) is 0.498. The van der Waals surface area contributed by atoms with Crippen LogP contribution in [0.2, 0.25) is 0 Å². The maximum Gasteiger partial charge on any atom is 0.234 e. The van der Waals surface area contributed by atoms with Gasteiger partial charge in [-0.2, -0.15) is 0 Å². The van der Waals surface area contributed by atoms with E-state index in [1.165, 1.54) is 0 Å². The average molecular weight is 245 g/mol. The molecule has 1 unspecified atom stereocenters. The first kappa shape index (κ1) is 15.3. The standard InChI is InChI=1S/C11H23N3OS/c1-8(2)9(3)13-11(15)7-14(4)6-5-10(12)16/h8-9H,5-7H2,1-4H3,(H2,12,16)(H,13,15). The van der Waals surface area contributed by atoms with E-state index in [4.69, 9.17) is 18.0 Å². The highest BCUT2D eigenvalue weighted by Crippen LogP contribution is 1.99. The summed E-state index contributed by atoms with van der Waals surface area (Å²) in [6, 6.07) is 0.205. The number of nitrogens with two attached hydrogens (primary N) is 1. The van der Waals surface area contributed by atoms with Gasteiger partial charge in [-0.25, -0.2) is 0 Å². The maximum absolute atomic E-state index is 11.6. The highest BCUT2D eigenvalue weighted by atomic mass is 32.1. The van der Waals surface area contributed by atoms with Gasteiger partial charge >= 0.3 is 0 Å². The molecule has 1 amide bonds. The van der Waals surface area contributed by atoms with Gasteiger partial charge in [-0.05, 0) is 19.9 Å². The Morgan fingerprint density at radius 3 is 2.44 bits per heavy atom. The Kier molecular flexibility index (Phi) is 7.25. The average Bonchev–Trinajstić information content (AvgIpc) is 2.14. The molecule has 4 nitrogen and oxygen atoms in total. The Morgan fingerprint density at radius 1 is 1.44 bits per heavy atom. The van der Waals surface area contributed by atoms with Crippen molar-refractivity contribution in [2.45, 2.75) is 33.2 Å². The fourth-order valence-corrected chi connectivity index (χ4v) is 1.18. The van der Waals surface area contributed by atoms with Crippen LogP contribution in [0.3, 0.4) is 0 Å². The number of hydrogen-bond donors (Lipinski definition) is 2. The van der Waals surface area contributed by atoms with Crippen LogP contribution in [0.5, 0.6) is 0 Å². The minimum Gasteiger partial charge on any atom is -0.393 e. The van der Waals surface area contributed by atoms with Crippen molar-refractivity contribution in [2.24, 2.45) is 11.7 Å². The van der Waals surface area contributed by atoms with E-state index >= 15 is 0 Å². The Labute approximate surface area is 104 Å². The van der Waals surface area contributed by atoms with Crippen molar-refractivity contribution in [2.75, 3.05) is 20.1 Å². The molecule has 0 rings (SSSR count). The molecule has 3 N–H and O–H groups in total. The van der Waals surface area contributed by atoms with Gasteiger partial charge in [0.25, 0.3) is 0 Å². The molecule has 16 heavy (non-hydrogen) atoms. The summed E-state index contributed by atoms with van der Waals surface area (Å²) in [7, 11) is 1.89. The molecule has 0 spiro atoms. The fourth-order valence-electron chi connectivity index (χ4n) is 1.09. The zero-order valence-corrected chi connectivity index (χ0v) is 11.4. The molecule has 0 fully saturated rings. The Balaban J connectivity index is 3.82. The first-order valence-corrected chi connectivity index (χ1v) is 6.00. The van der Waals surface area contributed by atoms with Crippen LogP contribution in [0.15, 0.2) is 0 Å². The summed E-state index contributed by atoms with van der Waals surface area (Å²) in [4.78, 5) is 14.0. The molecular weight excluding hydrogens is 222 g/mol. The molecule has 0 saturated carbocycles. The lowest BCUT2D eigenvalue weighted by atomic mass is 10.1. The molecule has 0 heterocycles. The number of carbonyl (C=O) groups is 1. The molecule has 0 aromatic rings. The molecule has 94 valence electrons. The van der Waals surface area contributed by atoms with Crippen LogP contribution in [0.25, 0.3) is 0 Å². The summed E-state index contributed by atoms with van der Waals surface area (Å²) >= 11 is 4.78.